The standard InChI is InChI=1S/C14H8ClF2N/c15-10-6-7-12-11(8-10)14(16,17)13(18-12)9-4-2-1-3-5-9/h1-8H. The van der Waals surface area contributed by atoms with Gasteiger partial charge in [0.05, 0.1) is 11.3 Å². The van der Waals surface area contributed by atoms with Crippen LogP contribution in [0.1, 0.15) is 11.1 Å². The van der Waals surface area contributed by atoms with Gasteiger partial charge in [-0.05, 0) is 18.2 Å². The highest BCUT2D eigenvalue weighted by Gasteiger charge is 2.45. The van der Waals surface area contributed by atoms with Gasteiger partial charge >= 0.3 is 5.92 Å². The Labute approximate surface area is 108 Å². The summed E-state index contributed by atoms with van der Waals surface area (Å²) >= 11 is 5.76. The molecule has 0 unspecified atom stereocenters. The van der Waals surface area contributed by atoms with Crippen molar-refractivity contribution in [1.82, 2.24) is 0 Å². The van der Waals surface area contributed by atoms with Crippen molar-refractivity contribution in [1.29, 1.82) is 0 Å². The van der Waals surface area contributed by atoms with Crippen LogP contribution in [0.4, 0.5) is 14.5 Å². The molecule has 0 aromatic heterocycles. The number of halogens is 3. The Morgan fingerprint density at radius 1 is 1.00 bits per heavy atom. The molecule has 0 radical (unpaired) electrons. The maximum absolute atomic E-state index is 14.3. The first-order valence-corrected chi connectivity index (χ1v) is 5.79. The van der Waals surface area contributed by atoms with Crippen molar-refractivity contribution in [3.63, 3.8) is 0 Å². The molecule has 0 saturated carbocycles. The third-order valence-corrected chi connectivity index (χ3v) is 3.11. The molecule has 1 nitrogen and oxygen atoms in total. The molecule has 18 heavy (non-hydrogen) atoms. The van der Waals surface area contributed by atoms with E-state index in [1.165, 1.54) is 12.1 Å². The zero-order chi connectivity index (χ0) is 12.8. The lowest BCUT2D eigenvalue weighted by molar-refractivity contribution is 0.0811. The van der Waals surface area contributed by atoms with E-state index >= 15 is 0 Å². The summed E-state index contributed by atoms with van der Waals surface area (Å²) in [5, 5.41) is 0.290. The fraction of sp³-hybridized carbons (Fsp3) is 0.0714. The van der Waals surface area contributed by atoms with Crippen LogP contribution in [0.5, 0.6) is 0 Å². The normalized spacial score (nSPS) is 16.3. The molecule has 0 fully saturated rings. The number of alkyl halides is 2. The van der Waals surface area contributed by atoms with Gasteiger partial charge in [0.1, 0.15) is 5.71 Å². The lowest BCUT2D eigenvalue weighted by Gasteiger charge is -2.13. The van der Waals surface area contributed by atoms with E-state index in [2.05, 4.69) is 4.99 Å². The van der Waals surface area contributed by atoms with E-state index in [0.29, 0.717) is 5.56 Å². The summed E-state index contributed by atoms with van der Waals surface area (Å²) in [6.07, 6.45) is 0. The average Bonchev–Trinajstić information content (AvgIpc) is 2.63. The number of rotatable bonds is 1. The lowest BCUT2D eigenvalue weighted by atomic mass is 10.0. The molecular weight excluding hydrogens is 256 g/mol. The van der Waals surface area contributed by atoms with Gasteiger partial charge in [-0.3, -0.25) is 0 Å². The maximum Gasteiger partial charge on any atom is 0.317 e. The summed E-state index contributed by atoms with van der Waals surface area (Å²) in [5.74, 6) is -3.10. The molecule has 0 amide bonds. The molecule has 4 heteroatoms. The molecule has 0 bridgehead atoms. The third kappa shape index (κ3) is 1.63. The van der Waals surface area contributed by atoms with E-state index in [9.17, 15) is 8.78 Å². The highest BCUT2D eigenvalue weighted by molar-refractivity contribution is 6.31. The Morgan fingerprint density at radius 3 is 2.44 bits per heavy atom. The van der Waals surface area contributed by atoms with Crippen molar-refractivity contribution in [3.8, 4) is 0 Å². The first-order valence-electron chi connectivity index (χ1n) is 5.41. The van der Waals surface area contributed by atoms with Crippen molar-refractivity contribution in [3.05, 3.63) is 64.7 Å². The minimum absolute atomic E-state index is 0.131. The summed E-state index contributed by atoms with van der Waals surface area (Å²) < 4.78 is 28.6. The molecule has 90 valence electrons. The predicted molar refractivity (Wildman–Crippen MR) is 68.0 cm³/mol. The second-order valence-corrected chi connectivity index (χ2v) is 4.50. The minimum Gasteiger partial charge on any atom is -0.246 e. The Bertz CT molecular complexity index is 635. The summed E-state index contributed by atoms with van der Waals surface area (Å²) in [6, 6.07) is 12.8. The molecule has 1 heterocycles. The van der Waals surface area contributed by atoms with Gasteiger partial charge in [0.25, 0.3) is 0 Å². The molecule has 2 aromatic rings. The first kappa shape index (κ1) is 11.4. The van der Waals surface area contributed by atoms with E-state index < -0.39 is 5.92 Å². The second kappa shape index (κ2) is 3.89. The predicted octanol–water partition coefficient (Wildman–Crippen LogP) is 4.57. The fourth-order valence-electron chi connectivity index (χ4n) is 2.02. The SMILES string of the molecule is FC1(F)C(c2ccccc2)=Nc2ccc(Cl)cc21. The molecule has 2 aromatic carbocycles. The van der Waals surface area contributed by atoms with Crippen LogP contribution < -0.4 is 0 Å². The van der Waals surface area contributed by atoms with Gasteiger partial charge in [0.15, 0.2) is 0 Å². The van der Waals surface area contributed by atoms with Crippen LogP contribution >= 0.6 is 11.6 Å². The lowest BCUT2D eigenvalue weighted by Crippen LogP contribution is -2.23. The van der Waals surface area contributed by atoms with E-state index in [1.54, 1.807) is 36.4 Å². The number of benzene rings is 2. The maximum atomic E-state index is 14.3. The van der Waals surface area contributed by atoms with Crippen LogP contribution in [-0.4, -0.2) is 5.71 Å². The van der Waals surface area contributed by atoms with Gasteiger partial charge in [-0.1, -0.05) is 41.9 Å². The topological polar surface area (TPSA) is 12.4 Å². The molecule has 1 aliphatic heterocycles. The zero-order valence-corrected chi connectivity index (χ0v) is 9.96. The second-order valence-electron chi connectivity index (χ2n) is 4.06. The summed E-state index contributed by atoms with van der Waals surface area (Å²) in [4.78, 5) is 4.02. The van der Waals surface area contributed by atoms with Gasteiger partial charge < -0.3 is 0 Å². The fourth-order valence-corrected chi connectivity index (χ4v) is 2.19. The molecule has 0 saturated heterocycles. The summed E-state index contributed by atoms with van der Waals surface area (Å²) in [7, 11) is 0. The van der Waals surface area contributed by atoms with Crippen LogP contribution in [0.25, 0.3) is 0 Å². The van der Waals surface area contributed by atoms with E-state index in [-0.39, 0.29) is 22.0 Å². The molecule has 3 rings (SSSR count). The van der Waals surface area contributed by atoms with Gasteiger partial charge in [0, 0.05) is 10.6 Å². The number of nitrogens with zero attached hydrogens (tertiary/aromatic N) is 1. The van der Waals surface area contributed by atoms with Gasteiger partial charge in [-0.2, -0.15) is 8.78 Å². The van der Waals surface area contributed by atoms with Crippen LogP contribution in [0.15, 0.2) is 53.5 Å². The monoisotopic (exact) mass is 263 g/mol. The average molecular weight is 264 g/mol. The number of hydrogen-bond donors (Lipinski definition) is 0. The molecule has 0 atom stereocenters. The molecule has 0 spiro atoms. The molecule has 0 N–H and O–H groups in total. The van der Waals surface area contributed by atoms with E-state index in [4.69, 9.17) is 11.6 Å². The van der Waals surface area contributed by atoms with Crippen LogP contribution in [0.3, 0.4) is 0 Å². The Morgan fingerprint density at radius 2 is 1.72 bits per heavy atom. The minimum atomic E-state index is -3.10. The Hall–Kier alpha value is -1.74. The molecule has 0 aliphatic carbocycles. The van der Waals surface area contributed by atoms with Gasteiger partial charge in [0.2, 0.25) is 0 Å². The summed E-state index contributed by atoms with van der Waals surface area (Å²) in [5.41, 5.74) is 0.354. The number of aliphatic imine (C=N–C) groups is 1. The molecular formula is C14H8ClF2N. The smallest absolute Gasteiger partial charge is 0.246 e. The van der Waals surface area contributed by atoms with Crippen molar-refractivity contribution in [2.24, 2.45) is 4.99 Å². The number of fused-ring (bicyclic) bond motifs is 1. The Balaban J connectivity index is 2.16. The van der Waals surface area contributed by atoms with Crippen molar-refractivity contribution >= 4 is 23.0 Å². The first-order chi connectivity index (χ1) is 8.59. The van der Waals surface area contributed by atoms with Crippen LogP contribution in [-0.2, 0) is 5.92 Å². The van der Waals surface area contributed by atoms with Crippen LogP contribution in [0, 0.1) is 0 Å². The van der Waals surface area contributed by atoms with Gasteiger partial charge in [-0.25, -0.2) is 4.99 Å². The quantitative estimate of drug-likeness (QED) is 0.715. The largest absolute Gasteiger partial charge is 0.317 e. The van der Waals surface area contributed by atoms with Crippen molar-refractivity contribution in [2.75, 3.05) is 0 Å². The van der Waals surface area contributed by atoms with E-state index in [0.717, 1.165) is 0 Å². The number of hydrogen-bond acceptors (Lipinski definition) is 1. The summed E-state index contributed by atoms with van der Waals surface area (Å²) in [6.45, 7) is 0. The highest BCUT2D eigenvalue weighted by atomic mass is 35.5. The zero-order valence-electron chi connectivity index (χ0n) is 9.20. The van der Waals surface area contributed by atoms with Crippen molar-refractivity contribution in [2.45, 2.75) is 5.92 Å². The Kier molecular flexibility index (Phi) is 2.45. The van der Waals surface area contributed by atoms with E-state index in [1.807, 2.05) is 0 Å². The van der Waals surface area contributed by atoms with Gasteiger partial charge in [-0.15, -0.1) is 0 Å². The van der Waals surface area contributed by atoms with Crippen molar-refractivity contribution < 1.29 is 8.78 Å². The molecule has 1 aliphatic rings. The highest BCUT2D eigenvalue weighted by Crippen LogP contribution is 2.45. The third-order valence-electron chi connectivity index (χ3n) is 2.87. The van der Waals surface area contributed by atoms with Crippen LogP contribution in [0.2, 0.25) is 5.02 Å².